The summed E-state index contributed by atoms with van der Waals surface area (Å²) in [6.45, 7) is 5.02. The molecule has 0 bridgehead atoms. The number of piperidine rings is 1. The van der Waals surface area contributed by atoms with E-state index in [4.69, 9.17) is 0 Å². The number of amides is 1. The van der Waals surface area contributed by atoms with Gasteiger partial charge in [0.15, 0.2) is 0 Å². The van der Waals surface area contributed by atoms with E-state index in [0.717, 1.165) is 37.5 Å². The molecule has 1 amide bonds. The van der Waals surface area contributed by atoms with Crippen LogP contribution in [0, 0.1) is 12.8 Å². The zero-order valence-corrected chi connectivity index (χ0v) is 12.2. The molecule has 1 N–H and O–H groups in total. The van der Waals surface area contributed by atoms with Crippen LogP contribution in [0.15, 0.2) is 5.38 Å². The van der Waals surface area contributed by atoms with Gasteiger partial charge in [0.1, 0.15) is 5.69 Å². The first-order valence-electron chi connectivity index (χ1n) is 7.18. The normalized spacial score (nSPS) is 23.3. The van der Waals surface area contributed by atoms with Crippen molar-refractivity contribution < 1.29 is 4.79 Å². The Labute approximate surface area is 118 Å². The fraction of sp³-hybridized carbons (Fsp3) is 0.714. The monoisotopic (exact) mass is 279 g/mol. The van der Waals surface area contributed by atoms with Gasteiger partial charge in [0.25, 0.3) is 5.91 Å². The third-order valence-electron chi connectivity index (χ3n) is 3.94. The van der Waals surface area contributed by atoms with Crippen molar-refractivity contribution in [2.75, 3.05) is 19.6 Å². The standard InChI is InChI=1S/C14H21N3OS/c1-10-16-13(9-19-10)14(18)17(12-4-5-12)8-11-3-2-6-15-7-11/h9,11-12,15H,2-8H2,1H3. The molecule has 1 aliphatic carbocycles. The molecule has 2 fully saturated rings. The second kappa shape index (κ2) is 5.59. The van der Waals surface area contributed by atoms with Gasteiger partial charge < -0.3 is 10.2 Å². The smallest absolute Gasteiger partial charge is 0.273 e. The molecule has 0 radical (unpaired) electrons. The van der Waals surface area contributed by atoms with Crippen LogP contribution in [0.1, 0.15) is 41.2 Å². The third kappa shape index (κ3) is 3.15. The number of thiazole rings is 1. The fourth-order valence-corrected chi connectivity index (χ4v) is 3.34. The fourth-order valence-electron chi connectivity index (χ4n) is 2.75. The molecule has 2 aliphatic rings. The average molecular weight is 279 g/mol. The van der Waals surface area contributed by atoms with E-state index >= 15 is 0 Å². The Kier molecular flexibility index (Phi) is 3.84. The van der Waals surface area contributed by atoms with Crippen molar-refractivity contribution in [3.05, 3.63) is 16.1 Å². The number of carbonyl (C=O) groups is 1. The molecule has 1 aromatic heterocycles. The first kappa shape index (κ1) is 13.1. The third-order valence-corrected chi connectivity index (χ3v) is 4.71. The van der Waals surface area contributed by atoms with E-state index in [2.05, 4.69) is 15.2 Å². The van der Waals surface area contributed by atoms with Gasteiger partial charge in [0.2, 0.25) is 0 Å². The molecule has 0 spiro atoms. The summed E-state index contributed by atoms with van der Waals surface area (Å²) in [6.07, 6.45) is 4.79. The van der Waals surface area contributed by atoms with Gasteiger partial charge in [-0.05, 0) is 51.6 Å². The largest absolute Gasteiger partial charge is 0.334 e. The lowest BCUT2D eigenvalue weighted by atomic mass is 9.99. The Bertz CT molecular complexity index is 449. The molecule has 1 aliphatic heterocycles. The predicted molar refractivity (Wildman–Crippen MR) is 76.5 cm³/mol. The van der Waals surface area contributed by atoms with Crippen LogP contribution >= 0.6 is 11.3 Å². The van der Waals surface area contributed by atoms with Crippen molar-refractivity contribution in [2.24, 2.45) is 5.92 Å². The number of carbonyl (C=O) groups excluding carboxylic acids is 1. The predicted octanol–water partition coefficient (Wildman–Crippen LogP) is 2.06. The number of hydrogen-bond donors (Lipinski definition) is 1. The van der Waals surface area contributed by atoms with Crippen molar-refractivity contribution in [2.45, 2.75) is 38.6 Å². The maximum atomic E-state index is 12.6. The molecule has 0 aromatic carbocycles. The van der Waals surface area contributed by atoms with Gasteiger partial charge in [-0.2, -0.15) is 0 Å². The lowest BCUT2D eigenvalue weighted by Gasteiger charge is -2.30. The Morgan fingerprint density at radius 2 is 2.37 bits per heavy atom. The van der Waals surface area contributed by atoms with E-state index in [9.17, 15) is 4.79 Å². The molecule has 5 heteroatoms. The van der Waals surface area contributed by atoms with Crippen molar-refractivity contribution in [3.63, 3.8) is 0 Å². The highest BCUT2D eigenvalue weighted by Gasteiger charge is 2.35. The maximum Gasteiger partial charge on any atom is 0.273 e. The van der Waals surface area contributed by atoms with Gasteiger partial charge in [-0.25, -0.2) is 4.98 Å². The van der Waals surface area contributed by atoms with Crippen molar-refractivity contribution in [3.8, 4) is 0 Å². The van der Waals surface area contributed by atoms with E-state index in [1.165, 1.54) is 12.8 Å². The van der Waals surface area contributed by atoms with Gasteiger partial charge in [0.05, 0.1) is 5.01 Å². The topological polar surface area (TPSA) is 45.2 Å². The van der Waals surface area contributed by atoms with Gasteiger partial charge in [-0.3, -0.25) is 4.79 Å². The number of nitrogens with zero attached hydrogens (tertiary/aromatic N) is 2. The van der Waals surface area contributed by atoms with Crippen LogP contribution in [0.3, 0.4) is 0 Å². The molecule has 3 rings (SSSR count). The minimum atomic E-state index is 0.137. The summed E-state index contributed by atoms with van der Waals surface area (Å²) in [7, 11) is 0. The van der Waals surface area contributed by atoms with E-state index in [1.54, 1.807) is 11.3 Å². The minimum absolute atomic E-state index is 0.137. The number of hydrogen-bond acceptors (Lipinski definition) is 4. The Morgan fingerprint density at radius 1 is 1.53 bits per heavy atom. The lowest BCUT2D eigenvalue weighted by Crippen LogP contribution is -2.42. The van der Waals surface area contributed by atoms with E-state index in [1.807, 2.05) is 12.3 Å². The van der Waals surface area contributed by atoms with Crippen molar-refractivity contribution >= 4 is 17.2 Å². The first-order valence-corrected chi connectivity index (χ1v) is 8.06. The van der Waals surface area contributed by atoms with Gasteiger partial charge in [-0.15, -0.1) is 11.3 Å². The highest BCUT2D eigenvalue weighted by Crippen LogP contribution is 2.30. The first-order chi connectivity index (χ1) is 9.24. The molecule has 19 heavy (non-hydrogen) atoms. The summed E-state index contributed by atoms with van der Waals surface area (Å²) in [5, 5.41) is 6.30. The number of nitrogens with one attached hydrogen (secondary N) is 1. The van der Waals surface area contributed by atoms with Crippen molar-refractivity contribution in [1.82, 2.24) is 15.2 Å². The summed E-state index contributed by atoms with van der Waals surface area (Å²) < 4.78 is 0. The van der Waals surface area contributed by atoms with Crippen LogP contribution in [0.4, 0.5) is 0 Å². The molecule has 4 nitrogen and oxygen atoms in total. The van der Waals surface area contributed by atoms with Crippen LogP contribution in [0.2, 0.25) is 0 Å². The minimum Gasteiger partial charge on any atom is -0.334 e. The number of aryl methyl sites for hydroxylation is 1. The Hall–Kier alpha value is -0.940. The van der Waals surface area contributed by atoms with Crippen LogP contribution in [0.25, 0.3) is 0 Å². The molecule has 2 heterocycles. The summed E-state index contributed by atoms with van der Waals surface area (Å²) in [5.41, 5.74) is 0.637. The summed E-state index contributed by atoms with van der Waals surface area (Å²) in [4.78, 5) is 19.0. The van der Waals surface area contributed by atoms with Crippen LogP contribution in [0.5, 0.6) is 0 Å². The average Bonchev–Trinajstić information content (AvgIpc) is 3.18. The summed E-state index contributed by atoms with van der Waals surface area (Å²) >= 11 is 1.56. The molecule has 1 saturated carbocycles. The zero-order valence-electron chi connectivity index (χ0n) is 11.4. The van der Waals surface area contributed by atoms with Crippen LogP contribution in [-0.2, 0) is 0 Å². The van der Waals surface area contributed by atoms with E-state index in [-0.39, 0.29) is 5.91 Å². The van der Waals surface area contributed by atoms with Crippen molar-refractivity contribution in [1.29, 1.82) is 0 Å². The molecular formula is C14H21N3OS. The van der Waals surface area contributed by atoms with Gasteiger partial charge >= 0.3 is 0 Å². The van der Waals surface area contributed by atoms with Crippen LogP contribution < -0.4 is 5.32 Å². The quantitative estimate of drug-likeness (QED) is 0.917. The Morgan fingerprint density at radius 3 is 2.95 bits per heavy atom. The van der Waals surface area contributed by atoms with Crippen LogP contribution in [-0.4, -0.2) is 41.5 Å². The molecule has 104 valence electrons. The zero-order chi connectivity index (χ0) is 13.2. The number of rotatable bonds is 4. The second-order valence-electron chi connectivity index (χ2n) is 5.65. The maximum absolute atomic E-state index is 12.6. The molecule has 1 aromatic rings. The highest BCUT2D eigenvalue weighted by molar-refractivity contribution is 7.09. The Balaban J connectivity index is 1.68. The molecule has 1 atom stereocenters. The molecular weight excluding hydrogens is 258 g/mol. The lowest BCUT2D eigenvalue weighted by molar-refractivity contribution is 0.0699. The highest BCUT2D eigenvalue weighted by atomic mass is 32.1. The SMILES string of the molecule is Cc1nc(C(=O)N(CC2CCCNC2)C2CC2)cs1. The molecule has 1 saturated heterocycles. The summed E-state index contributed by atoms with van der Waals surface area (Å²) in [6, 6.07) is 0.469. The number of aromatic nitrogens is 1. The van der Waals surface area contributed by atoms with Gasteiger partial charge in [-0.1, -0.05) is 0 Å². The van der Waals surface area contributed by atoms with E-state index < -0.39 is 0 Å². The molecule has 1 unspecified atom stereocenters. The van der Waals surface area contributed by atoms with Gasteiger partial charge in [0, 0.05) is 18.0 Å². The summed E-state index contributed by atoms with van der Waals surface area (Å²) in [5.74, 6) is 0.746. The van der Waals surface area contributed by atoms with E-state index in [0.29, 0.717) is 17.7 Å². The second-order valence-corrected chi connectivity index (χ2v) is 6.72.